The summed E-state index contributed by atoms with van der Waals surface area (Å²) < 4.78 is 10.4. The van der Waals surface area contributed by atoms with Crippen molar-refractivity contribution in [3.63, 3.8) is 0 Å². The summed E-state index contributed by atoms with van der Waals surface area (Å²) in [4.78, 5) is 80.9. The summed E-state index contributed by atoms with van der Waals surface area (Å²) in [6.07, 6.45) is 42.5. The van der Waals surface area contributed by atoms with Crippen LogP contribution in [0.2, 0.25) is 0 Å². The Hall–Kier alpha value is -3.26. The molecule has 1 rings (SSSR count). The number of rotatable bonds is 55. The molecule has 14 heteroatoms. The molecule has 0 bridgehead atoms. The molecule has 0 aromatic rings. The van der Waals surface area contributed by atoms with Crippen molar-refractivity contribution in [2.75, 3.05) is 66.1 Å². The normalized spacial score (nSPS) is 14.5. The quantitative estimate of drug-likeness (QED) is 0.0339. The number of hydrogen-bond donors (Lipinski definition) is 4. The van der Waals surface area contributed by atoms with Crippen molar-refractivity contribution in [1.82, 2.24) is 31.1 Å². The molecule has 0 aliphatic carbocycles. The van der Waals surface area contributed by atoms with Gasteiger partial charge >= 0.3 is 11.9 Å². The second-order valence-corrected chi connectivity index (χ2v) is 21.8. The monoisotopic (exact) mass is 1060 g/mol. The van der Waals surface area contributed by atoms with E-state index in [-0.39, 0.29) is 48.4 Å². The van der Waals surface area contributed by atoms with Crippen molar-refractivity contribution in [1.29, 1.82) is 0 Å². The van der Waals surface area contributed by atoms with Gasteiger partial charge in [-0.05, 0) is 70.9 Å². The van der Waals surface area contributed by atoms with Gasteiger partial charge in [-0.2, -0.15) is 0 Å². The molecule has 14 nitrogen and oxygen atoms in total. The number of methoxy groups -OCH3 is 1. The van der Waals surface area contributed by atoms with E-state index in [0.29, 0.717) is 97.5 Å². The van der Waals surface area contributed by atoms with E-state index in [9.17, 15) is 28.8 Å². The van der Waals surface area contributed by atoms with Gasteiger partial charge in [0.2, 0.25) is 23.6 Å². The zero-order chi connectivity index (χ0) is 54.7. The van der Waals surface area contributed by atoms with Gasteiger partial charge < -0.3 is 40.5 Å². The Morgan fingerprint density at radius 2 is 0.720 bits per heavy atom. The zero-order valence-electron chi connectivity index (χ0n) is 49.0. The van der Waals surface area contributed by atoms with Gasteiger partial charge in [0, 0.05) is 52.1 Å². The van der Waals surface area contributed by atoms with Gasteiger partial charge in [0.1, 0.15) is 12.1 Å². The highest BCUT2D eigenvalue weighted by molar-refractivity contribution is 5.96. The Morgan fingerprint density at radius 3 is 1.08 bits per heavy atom. The predicted molar refractivity (Wildman–Crippen MR) is 307 cm³/mol. The van der Waals surface area contributed by atoms with E-state index in [2.05, 4.69) is 51.8 Å². The summed E-state index contributed by atoms with van der Waals surface area (Å²) >= 11 is 0. The molecule has 0 aromatic heterocycles. The molecule has 75 heavy (non-hydrogen) atoms. The third-order valence-corrected chi connectivity index (χ3v) is 15.0. The van der Waals surface area contributed by atoms with Crippen LogP contribution in [0.25, 0.3) is 0 Å². The molecule has 2 unspecified atom stereocenters. The van der Waals surface area contributed by atoms with E-state index in [1.807, 2.05) is 0 Å². The van der Waals surface area contributed by atoms with Crippen LogP contribution in [0.1, 0.15) is 278 Å². The average molecular weight is 1060 g/mol. The van der Waals surface area contributed by atoms with Crippen LogP contribution in [-0.4, -0.2) is 124 Å². The number of ether oxygens (including phenoxy) is 2. The summed E-state index contributed by atoms with van der Waals surface area (Å²) in [5.74, 6) is -0.806. The van der Waals surface area contributed by atoms with Crippen LogP contribution in [0.15, 0.2) is 0 Å². The van der Waals surface area contributed by atoms with Crippen LogP contribution >= 0.6 is 0 Å². The molecule has 2 atom stereocenters. The maximum Gasteiger partial charge on any atom is 0.307 e. The molecule has 1 aliphatic rings. The fourth-order valence-corrected chi connectivity index (χ4v) is 9.95. The zero-order valence-corrected chi connectivity index (χ0v) is 49.0. The topological polar surface area (TPSA) is 175 Å². The van der Waals surface area contributed by atoms with E-state index in [4.69, 9.17) is 9.47 Å². The smallest absolute Gasteiger partial charge is 0.307 e. The second-order valence-electron chi connectivity index (χ2n) is 21.8. The van der Waals surface area contributed by atoms with Crippen molar-refractivity contribution >= 4 is 35.6 Å². The molecule has 1 fully saturated rings. The molecule has 438 valence electrons. The number of carbonyl (C=O) groups excluding carboxylic acids is 6. The first kappa shape index (κ1) is 69.8. The predicted octanol–water partition coefficient (Wildman–Crippen LogP) is 12.2. The lowest BCUT2D eigenvalue weighted by Crippen LogP contribution is -2.61. The Kier molecular flexibility index (Phi) is 47.9. The van der Waals surface area contributed by atoms with Gasteiger partial charge in [-0.3, -0.25) is 28.8 Å². The highest BCUT2D eigenvalue weighted by Crippen LogP contribution is 2.15. The van der Waals surface area contributed by atoms with Crippen LogP contribution in [-0.2, 0) is 38.2 Å². The number of carbonyl (C=O) groups is 6. The standard InChI is InChI=1S/C61H116N6O8/c1-5-8-11-14-17-20-23-26-29-34-45-62-56(68)41-49-66(50-42-57(69)63-46-35-30-27-24-21-18-15-12-9-6-2)47-36-32-39-54-60(72)65-55(61(73)64-54)40-33-37-48-67(51-43-58(70)74-4)52-44-59(71)75-53-38-31-28-25-22-19-16-13-10-7-3/h54-55H,5-53H2,1-4H3,(H,62,68)(H,63,69)(H,64,73)(H,65,72). The Labute approximate surface area is 459 Å². The number of nitrogens with one attached hydrogen (secondary N) is 4. The van der Waals surface area contributed by atoms with Crippen LogP contribution in [0.3, 0.4) is 0 Å². The Bertz CT molecular complexity index is 1380. The van der Waals surface area contributed by atoms with Crippen LogP contribution < -0.4 is 21.3 Å². The largest absolute Gasteiger partial charge is 0.469 e. The number of esters is 2. The summed E-state index contributed by atoms with van der Waals surface area (Å²) in [7, 11) is 1.37. The number of amides is 4. The SMILES string of the molecule is CCCCCCCCCCCCNC(=O)CCN(CCCCC1NC(=O)C(CCCCN(CCC(=O)OC)CCC(=O)OCCCCCCCCCCCC)NC1=O)CCC(=O)NCCCCCCCCCCCC. The van der Waals surface area contributed by atoms with E-state index < -0.39 is 12.1 Å². The number of hydrogen-bond acceptors (Lipinski definition) is 10. The first-order valence-corrected chi connectivity index (χ1v) is 31.4. The molecule has 4 amide bonds. The first-order chi connectivity index (χ1) is 36.6. The van der Waals surface area contributed by atoms with Crippen molar-refractivity contribution < 1.29 is 38.2 Å². The molecule has 4 N–H and O–H groups in total. The Morgan fingerprint density at radius 1 is 0.400 bits per heavy atom. The van der Waals surface area contributed by atoms with E-state index in [0.717, 1.165) is 51.4 Å². The minimum absolute atomic E-state index is 0.0418. The van der Waals surface area contributed by atoms with Crippen molar-refractivity contribution in [3.05, 3.63) is 0 Å². The maximum atomic E-state index is 13.2. The fourth-order valence-electron chi connectivity index (χ4n) is 9.95. The van der Waals surface area contributed by atoms with Gasteiger partial charge in [-0.1, -0.05) is 194 Å². The van der Waals surface area contributed by atoms with Crippen LogP contribution in [0.5, 0.6) is 0 Å². The van der Waals surface area contributed by atoms with Crippen molar-refractivity contribution in [2.24, 2.45) is 0 Å². The van der Waals surface area contributed by atoms with Crippen LogP contribution in [0.4, 0.5) is 0 Å². The minimum atomic E-state index is -0.610. The molecule has 1 aliphatic heterocycles. The van der Waals surface area contributed by atoms with Gasteiger partial charge in [-0.25, -0.2) is 0 Å². The lowest BCUT2D eigenvalue weighted by molar-refractivity contribution is -0.144. The van der Waals surface area contributed by atoms with E-state index in [1.54, 1.807) is 0 Å². The maximum absolute atomic E-state index is 13.2. The van der Waals surface area contributed by atoms with Gasteiger partial charge in [-0.15, -0.1) is 0 Å². The number of piperazine rings is 1. The van der Waals surface area contributed by atoms with Gasteiger partial charge in [0.25, 0.3) is 0 Å². The van der Waals surface area contributed by atoms with Gasteiger partial charge in [0.15, 0.2) is 0 Å². The highest BCUT2D eigenvalue weighted by Gasteiger charge is 2.33. The van der Waals surface area contributed by atoms with E-state index >= 15 is 0 Å². The molecule has 1 heterocycles. The lowest BCUT2D eigenvalue weighted by atomic mass is 10.0. The molecule has 0 spiro atoms. The number of nitrogens with zero attached hydrogens (tertiary/aromatic N) is 2. The highest BCUT2D eigenvalue weighted by atomic mass is 16.5. The molecule has 1 saturated heterocycles. The first-order valence-electron chi connectivity index (χ1n) is 31.4. The fraction of sp³-hybridized carbons (Fsp3) is 0.902. The minimum Gasteiger partial charge on any atom is -0.469 e. The summed E-state index contributed by atoms with van der Waals surface area (Å²) in [5, 5.41) is 12.1. The average Bonchev–Trinajstić information content (AvgIpc) is 3.40. The third kappa shape index (κ3) is 43.4. The van der Waals surface area contributed by atoms with Crippen LogP contribution in [0, 0.1) is 0 Å². The molecular weight excluding hydrogens is 945 g/mol. The van der Waals surface area contributed by atoms with Crippen molar-refractivity contribution in [2.45, 2.75) is 290 Å². The molecular formula is C61H116N6O8. The number of unbranched alkanes of at least 4 members (excludes halogenated alkanes) is 29. The molecule has 0 radical (unpaired) electrons. The molecule has 0 aromatic carbocycles. The second kappa shape index (κ2) is 51.5. The Balaban J connectivity index is 2.50. The lowest BCUT2D eigenvalue weighted by Gasteiger charge is -2.30. The summed E-state index contributed by atoms with van der Waals surface area (Å²) in [6, 6.07) is -1.21. The summed E-state index contributed by atoms with van der Waals surface area (Å²) in [5.41, 5.74) is 0. The summed E-state index contributed by atoms with van der Waals surface area (Å²) in [6.45, 7) is 12.0. The third-order valence-electron chi connectivity index (χ3n) is 15.0. The van der Waals surface area contributed by atoms with Gasteiger partial charge in [0.05, 0.1) is 26.6 Å². The molecule has 0 saturated carbocycles. The van der Waals surface area contributed by atoms with E-state index in [1.165, 1.54) is 161 Å². The van der Waals surface area contributed by atoms with Crippen molar-refractivity contribution in [3.8, 4) is 0 Å².